The number of nitrogens with one attached hydrogen (secondary N) is 1. The lowest BCUT2D eigenvalue weighted by molar-refractivity contribution is 0.187. The molecule has 1 N–H and O–H groups in total. The summed E-state index contributed by atoms with van der Waals surface area (Å²) in [6, 6.07) is 13.5. The number of carbonyl (C=O) groups excluding carboxylic acids is 1. The molecule has 0 aliphatic heterocycles. The molecule has 2 rings (SSSR count). The first kappa shape index (κ1) is 11.1. The summed E-state index contributed by atoms with van der Waals surface area (Å²) in [6.07, 6.45) is 1.19. The highest BCUT2D eigenvalue weighted by Gasteiger charge is 2.02. The van der Waals surface area contributed by atoms with Gasteiger partial charge < -0.3 is 4.74 Å². The predicted molar refractivity (Wildman–Crippen MR) is 65.7 cm³/mol. The van der Waals surface area contributed by atoms with Crippen molar-refractivity contribution in [3.63, 3.8) is 0 Å². The van der Waals surface area contributed by atoms with Gasteiger partial charge in [-0.3, -0.25) is 5.32 Å². The highest BCUT2D eigenvalue weighted by atomic mass is 16.5. The number of methoxy groups -OCH3 is 1. The molecular weight excluding hydrogens is 216 g/mol. The highest BCUT2D eigenvalue weighted by molar-refractivity contribution is 5.83. The first-order chi connectivity index (χ1) is 8.29. The number of aromatic nitrogens is 1. The number of rotatable bonds is 2. The normalized spacial score (nSPS) is 9.71. The van der Waals surface area contributed by atoms with Crippen molar-refractivity contribution in [2.45, 2.75) is 0 Å². The molecular formula is C13H12N2O2. The molecule has 0 spiro atoms. The number of hydrogen-bond donors (Lipinski definition) is 1. The number of anilines is 1. The van der Waals surface area contributed by atoms with Gasteiger partial charge in [-0.1, -0.05) is 30.3 Å². The number of hydrogen-bond acceptors (Lipinski definition) is 3. The second-order valence-corrected chi connectivity index (χ2v) is 3.41. The van der Waals surface area contributed by atoms with E-state index in [2.05, 4.69) is 15.0 Å². The predicted octanol–water partition coefficient (Wildman–Crippen LogP) is 2.93. The lowest BCUT2D eigenvalue weighted by Gasteiger charge is -2.04. The maximum absolute atomic E-state index is 11.0. The zero-order valence-electron chi connectivity index (χ0n) is 9.38. The molecule has 0 aliphatic carbocycles. The molecule has 1 aromatic heterocycles. The summed E-state index contributed by atoms with van der Waals surface area (Å²) in [4.78, 5) is 15.1. The Balaban J connectivity index is 2.16. The molecule has 0 saturated carbocycles. The minimum absolute atomic E-state index is 0.469. The highest BCUT2D eigenvalue weighted by Crippen LogP contribution is 2.18. The molecule has 1 heterocycles. The van der Waals surface area contributed by atoms with Gasteiger partial charge in [-0.15, -0.1) is 0 Å². The van der Waals surface area contributed by atoms with Crippen molar-refractivity contribution < 1.29 is 9.53 Å². The topological polar surface area (TPSA) is 51.2 Å². The third kappa shape index (κ3) is 2.81. The third-order valence-electron chi connectivity index (χ3n) is 2.29. The van der Waals surface area contributed by atoms with Crippen LogP contribution in [-0.4, -0.2) is 18.2 Å². The molecule has 0 unspecified atom stereocenters. The molecule has 0 saturated heterocycles. The fraction of sp³-hybridized carbons (Fsp3) is 0.0769. The van der Waals surface area contributed by atoms with Gasteiger partial charge in [0.2, 0.25) is 0 Å². The molecule has 4 nitrogen and oxygen atoms in total. The Kier molecular flexibility index (Phi) is 3.35. The lowest BCUT2D eigenvalue weighted by Crippen LogP contribution is -2.11. The Morgan fingerprint density at radius 3 is 2.47 bits per heavy atom. The van der Waals surface area contributed by atoms with Gasteiger partial charge in [-0.25, -0.2) is 9.78 Å². The summed E-state index contributed by atoms with van der Waals surface area (Å²) < 4.78 is 4.48. The van der Waals surface area contributed by atoms with Crippen molar-refractivity contribution in [2.75, 3.05) is 12.4 Å². The number of nitrogens with zero attached hydrogens (tertiary/aromatic N) is 1. The Labute approximate surface area is 99.3 Å². The van der Waals surface area contributed by atoms with E-state index in [1.54, 1.807) is 12.3 Å². The SMILES string of the molecule is COC(=O)Nc1ccc(-c2ccccc2)cn1. The Morgan fingerprint density at radius 2 is 1.88 bits per heavy atom. The van der Waals surface area contributed by atoms with Crippen molar-refractivity contribution in [3.8, 4) is 11.1 Å². The van der Waals surface area contributed by atoms with E-state index >= 15 is 0 Å². The first-order valence-electron chi connectivity index (χ1n) is 5.16. The number of pyridine rings is 1. The molecule has 0 fully saturated rings. The van der Waals surface area contributed by atoms with Gasteiger partial charge >= 0.3 is 6.09 Å². The number of ether oxygens (including phenoxy) is 1. The molecule has 1 amide bonds. The molecule has 1 aromatic carbocycles. The van der Waals surface area contributed by atoms with Crippen LogP contribution in [-0.2, 0) is 4.74 Å². The smallest absolute Gasteiger partial charge is 0.412 e. The van der Waals surface area contributed by atoms with Crippen LogP contribution in [0.2, 0.25) is 0 Å². The van der Waals surface area contributed by atoms with Crippen molar-refractivity contribution in [1.82, 2.24) is 4.98 Å². The largest absolute Gasteiger partial charge is 0.453 e. The fourth-order valence-corrected chi connectivity index (χ4v) is 1.42. The van der Waals surface area contributed by atoms with E-state index in [1.165, 1.54) is 7.11 Å². The molecule has 2 aromatic rings. The number of amides is 1. The van der Waals surface area contributed by atoms with Gasteiger partial charge in [0, 0.05) is 11.8 Å². The fourth-order valence-electron chi connectivity index (χ4n) is 1.42. The van der Waals surface area contributed by atoms with Crippen LogP contribution in [0.5, 0.6) is 0 Å². The molecule has 4 heteroatoms. The summed E-state index contributed by atoms with van der Waals surface area (Å²) in [5, 5.41) is 2.50. The van der Waals surface area contributed by atoms with Crippen molar-refractivity contribution in [2.24, 2.45) is 0 Å². The first-order valence-corrected chi connectivity index (χ1v) is 5.16. The average Bonchev–Trinajstić information content (AvgIpc) is 2.40. The Hall–Kier alpha value is -2.36. The van der Waals surface area contributed by atoms with Crippen LogP contribution < -0.4 is 5.32 Å². The van der Waals surface area contributed by atoms with Crippen LogP contribution >= 0.6 is 0 Å². The third-order valence-corrected chi connectivity index (χ3v) is 2.29. The van der Waals surface area contributed by atoms with Crippen LogP contribution in [0.4, 0.5) is 10.6 Å². The van der Waals surface area contributed by atoms with E-state index in [4.69, 9.17) is 0 Å². The van der Waals surface area contributed by atoms with Gasteiger partial charge in [-0.05, 0) is 17.7 Å². The van der Waals surface area contributed by atoms with Gasteiger partial charge in [0.1, 0.15) is 5.82 Å². The lowest BCUT2D eigenvalue weighted by atomic mass is 10.1. The number of carbonyl (C=O) groups is 1. The maximum Gasteiger partial charge on any atom is 0.412 e. The second kappa shape index (κ2) is 5.12. The van der Waals surface area contributed by atoms with Crippen molar-refractivity contribution in [3.05, 3.63) is 48.7 Å². The second-order valence-electron chi connectivity index (χ2n) is 3.41. The summed E-state index contributed by atoms with van der Waals surface area (Å²) in [5.41, 5.74) is 2.09. The molecule has 0 aliphatic rings. The monoisotopic (exact) mass is 228 g/mol. The Bertz CT molecular complexity index is 495. The molecule has 0 radical (unpaired) electrons. The average molecular weight is 228 g/mol. The Morgan fingerprint density at radius 1 is 1.12 bits per heavy atom. The summed E-state index contributed by atoms with van der Waals surface area (Å²) in [5.74, 6) is 0.469. The van der Waals surface area contributed by atoms with Crippen molar-refractivity contribution in [1.29, 1.82) is 0 Å². The van der Waals surface area contributed by atoms with E-state index in [0.717, 1.165) is 11.1 Å². The molecule has 0 atom stereocenters. The van der Waals surface area contributed by atoms with Gasteiger partial charge in [0.15, 0.2) is 0 Å². The maximum atomic E-state index is 11.0. The standard InChI is InChI=1S/C13H12N2O2/c1-17-13(16)15-12-8-7-11(9-14-12)10-5-3-2-4-6-10/h2-9H,1H3,(H,14,15,16). The molecule has 0 bridgehead atoms. The van der Waals surface area contributed by atoms with Crippen molar-refractivity contribution >= 4 is 11.9 Å². The molecule has 17 heavy (non-hydrogen) atoms. The number of benzene rings is 1. The van der Waals surface area contributed by atoms with Crippen LogP contribution in [0.1, 0.15) is 0 Å². The van der Waals surface area contributed by atoms with E-state index in [0.29, 0.717) is 5.82 Å². The van der Waals surface area contributed by atoms with Crippen LogP contribution in [0.25, 0.3) is 11.1 Å². The minimum atomic E-state index is -0.523. The summed E-state index contributed by atoms with van der Waals surface area (Å²) >= 11 is 0. The van der Waals surface area contributed by atoms with Gasteiger partial charge in [0.25, 0.3) is 0 Å². The summed E-state index contributed by atoms with van der Waals surface area (Å²) in [6.45, 7) is 0. The van der Waals surface area contributed by atoms with E-state index in [1.807, 2.05) is 36.4 Å². The van der Waals surface area contributed by atoms with Crippen LogP contribution in [0, 0.1) is 0 Å². The minimum Gasteiger partial charge on any atom is -0.453 e. The van der Waals surface area contributed by atoms with E-state index < -0.39 is 6.09 Å². The zero-order chi connectivity index (χ0) is 12.1. The van der Waals surface area contributed by atoms with E-state index in [-0.39, 0.29) is 0 Å². The van der Waals surface area contributed by atoms with Gasteiger partial charge in [-0.2, -0.15) is 0 Å². The van der Waals surface area contributed by atoms with Crippen LogP contribution in [0.15, 0.2) is 48.7 Å². The molecule has 86 valence electrons. The van der Waals surface area contributed by atoms with E-state index in [9.17, 15) is 4.79 Å². The van der Waals surface area contributed by atoms with Gasteiger partial charge in [0.05, 0.1) is 7.11 Å². The zero-order valence-corrected chi connectivity index (χ0v) is 9.38. The van der Waals surface area contributed by atoms with Crippen LogP contribution in [0.3, 0.4) is 0 Å². The summed E-state index contributed by atoms with van der Waals surface area (Å²) in [7, 11) is 1.31. The quantitative estimate of drug-likeness (QED) is 0.859.